The second-order valence-corrected chi connectivity index (χ2v) is 6.26. The third kappa shape index (κ3) is 4.49. The SMILES string of the molecule is CN=C(NCc1ccon1)N1CCN(Cc2c(F)cccc2Cl)CC1. The third-order valence-corrected chi connectivity index (χ3v) is 4.60. The molecule has 1 aliphatic heterocycles. The summed E-state index contributed by atoms with van der Waals surface area (Å²) >= 11 is 6.12. The van der Waals surface area contributed by atoms with Crippen molar-refractivity contribution in [2.75, 3.05) is 33.2 Å². The van der Waals surface area contributed by atoms with Gasteiger partial charge in [0.1, 0.15) is 17.8 Å². The van der Waals surface area contributed by atoms with Crippen LogP contribution in [0.4, 0.5) is 4.39 Å². The number of guanidine groups is 1. The lowest BCUT2D eigenvalue weighted by atomic mass is 10.2. The van der Waals surface area contributed by atoms with E-state index in [4.69, 9.17) is 16.1 Å². The lowest BCUT2D eigenvalue weighted by Gasteiger charge is -2.36. The fraction of sp³-hybridized carbons (Fsp3) is 0.412. The van der Waals surface area contributed by atoms with Crippen molar-refractivity contribution < 1.29 is 8.91 Å². The molecule has 25 heavy (non-hydrogen) atoms. The quantitative estimate of drug-likeness (QED) is 0.666. The number of hydrogen-bond acceptors (Lipinski definition) is 4. The lowest BCUT2D eigenvalue weighted by Crippen LogP contribution is -2.52. The fourth-order valence-electron chi connectivity index (χ4n) is 2.86. The molecule has 134 valence electrons. The Kier molecular flexibility index (Phi) is 5.88. The molecule has 8 heteroatoms. The Balaban J connectivity index is 1.52. The first-order chi connectivity index (χ1) is 12.2. The number of nitrogens with zero attached hydrogens (tertiary/aromatic N) is 4. The minimum Gasteiger partial charge on any atom is -0.364 e. The van der Waals surface area contributed by atoms with E-state index in [1.165, 1.54) is 6.07 Å². The van der Waals surface area contributed by atoms with Crippen molar-refractivity contribution in [3.63, 3.8) is 0 Å². The van der Waals surface area contributed by atoms with E-state index in [9.17, 15) is 4.39 Å². The van der Waals surface area contributed by atoms with Crippen molar-refractivity contribution in [3.05, 3.63) is 52.6 Å². The molecule has 0 aliphatic carbocycles. The van der Waals surface area contributed by atoms with Crippen molar-refractivity contribution in [2.24, 2.45) is 4.99 Å². The molecule has 1 aromatic carbocycles. The zero-order valence-corrected chi connectivity index (χ0v) is 14.8. The van der Waals surface area contributed by atoms with Crippen LogP contribution in [0.5, 0.6) is 0 Å². The molecule has 0 atom stereocenters. The predicted octanol–water partition coefficient (Wildman–Crippen LogP) is 2.36. The van der Waals surface area contributed by atoms with Gasteiger partial charge in [0, 0.05) is 56.4 Å². The molecular weight excluding hydrogens is 345 g/mol. The fourth-order valence-corrected chi connectivity index (χ4v) is 3.08. The molecule has 1 fully saturated rings. The highest BCUT2D eigenvalue weighted by Crippen LogP contribution is 2.21. The van der Waals surface area contributed by atoms with Crippen LogP contribution in [0.2, 0.25) is 5.02 Å². The van der Waals surface area contributed by atoms with Crippen molar-refractivity contribution in [1.29, 1.82) is 0 Å². The van der Waals surface area contributed by atoms with Crippen LogP contribution in [0.25, 0.3) is 0 Å². The second kappa shape index (κ2) is 8.31. The van der Waals surface area contributed by atoms with Crippen molar-refractivity contribution >= 4 is 17.6 Å². The first-order valence-corrected chi connectivity index (χ1v) is 8.55. The summed E-state index contributed by atoms with van der Waals surface area (Å²) in [7, 11) is 1.76. The van der Waals surface area contributed by atoms with Gasteiger partial charge in [0.15, 0.2) is 5.96 Å². The van der Waals surface area contributed by atoms with Crippen molar-refractivity contribution in [1.82, 2.24) is 20.3 Å². The maximum absolute atomic E-state index is 13.9. The van der Waals surface area contributed by atoms with Gasteiger partial charge in [-0.25, -0.2) is 4.39 Å². The van der Waals surface area contributed by atoms with E-state index < -0.39 is 0 Å². The van der Waals surface area contributed by atoms with E-state index in [-0.39, 0.29) is 5.82 Å². The Labute approximate surface area is 151 Å². The topological polar surface area (TPSA) is 56.9 Å². The van der Waals surface area contributed by atoms with Gasteiger partial charge < -0.3 is 14.7 Å². The van der Waals surface area contributed by atoms with Crippen LogP contribution in [-0.4, -0.2) is 54.1 Å². The van der Waals surface area contributed by atoms with E-state index in [0.717, 1.165) is 37.8 Å². The van der Waals surface area contributed by atoms with Gasteiger partial charge in [-0.1, -0.05) is 22.8 Å². The Morgan fingerprint density at radius 3 is 2.76 bits per heavy atom. The van der Waals surface area contributed by atoms with Gasteiger partial charge >= 0.3 is 0 Å². The van der Waals surface area contributed by atoms with E-state index >= 15 is 0 Å². The molecule has 2 heterocycles. The first kappa shape index (κ1) is 17.7. The smallest absolute Gasteiger partial charge is 0.194 e. The number of halogens is 2. The summed E-state index contributed by atoms with van der Waals surface area (Å²) in [6.45, 7) is 4.33. The molecule has 0 radical (unpaired) electrons. The van der Waals surface area contributed by atoms with Crippen LogP contribution in [0.15, 0.2) is 40.0 Å². The van der Waals surface area contributed by atoms with Crippen LogP contribution in [0.3, 0.4) is 0 Å². The van der Waals surface area contributed by atoms with Crippen molar-refractivity contribution in [3.8, 4) is 0 Å². The number of piperazine rings is 1. The van der Waals surface area contributed by atoms with E-state index in [2.05, 4.69) is 25.3 Å². The molecule has 6 nitrogen and oxygen atoms in total. The third-order valence-electron chi connectivity index (χ3n) is 4.25. The van der Waals surface area contributed by atoms with Crippen molar-refractivity contribution in [2.45, 2.75) is 13.1 Å². The predicted molar refractivity (Wildman–Crippen MR) is 95.0 cm³/mol. The van der Waals surface area contributed by atoms with E-state index in [1.54, 1.807) is 25.4 Å². The molecule has 0 unspecified atom stereocenters. The molecule has 0 amide bonds. The standard InChI is InChI=1S/C17H21ClFN5O/c1-20-17(21-11-13-5-10-25-22-13)24-8-6-23(7-9-24)12-14-15(18)3-2-4-16(14)19/h2-5,10H,6-9,11-12H2,1H3,(H,20,21). The summed E-state index contributed by atoms with van der Waals surface area (Å²) in [6, 6.07) is 6.62. The lowest BCUT2D eigenvalue weighted by molar-refractivity contribution is 0.171. The number of benzene rings is 1. The van der Waals surface area contributed by atoms with Crippen LogP contribution >= 0.6 is 11.6 Å². The Bertz CT molecular complexity index is 694. The number of hydrogen-bond donors (Lipinski definition) is 1. The first-order valence-electron chi connectivity index (χ1n) is 8.17. The maximum Gasteiger partial charge on any atom is 0.194 e. The molecule has 1 aromatic heterocycles. The average molecular weight is 366 g/mol. The molecule has 1 aliphatic rings. The molecule has 2 aromatic rings. The Morgan fingerprint density at radius 1 is 1.32 bits per heavy atom. The second-order valence-electron chi connectivity index (χ2n) is 5.85. The molecule has 0 spiro atoms. The highest BCUT2D eigenvalue weighted by Gasteiger charge is 2.21. The molecule has 0 bridgehead atoms. The van der Waals surface area contributed by atoms with Gasteiger partial charge in [-0.15, -0.1) is 0 Å². The monoisotopic (exact) mass is 365 g/mol. The van der Waals surface area contributed by atoms with Gasteiger partial charge in [-0.3, -0.25) is 9.89 Å². The maximum atomic E-state index is 13.9. The molecule has 1 N–H and O–H groups in total. The van der Waals surface area contributed by atoms with Gasteiger partial charge in [0.05, 0.1) is 6.54 Å². The summed E-state index contributed by atoms with van der Waals surface area (Å²) < 4.78 is 18.8. The van der Waals surface area contributed by atoms with Gasteiger partial charge in [0.2, 0.25) is 0 Å². The minimum atomic E-state index is -0.250. The van der Waals surface area contributed by atoms with Gasteiger partial charge in [-0.05, 0) is 12.1 Å². The summed E-state index contributed by atoms with van der Waals surface area (Å²) in [5, 5.41) is 7.63. The summed E-state index contributed by atoms with van der Waals surface area (Å²) in [5.74, 6) is 0.576. The number of nitrogens with one attached hydrogen (secondary N) is 1. The van der Waals surface area contributed by atoms with Crippen LogP contribution in [0, 0.1) is 5.82 Å². The minimum absolute atomic E-state index is 0.250. The van der Waals surface area contributed by atoms with E-state index in [1.807, 2.05) is 6.07 Å². The number of aromatic nitrogens is 1. The number of rotatable bonds is 4. The molecule has 0 saturated carbocycles. The molecule has 3 rings (SSSR count). The largest absolute Gasteiger partial charge is 0.364 e. The normalized spacial score (nSPS) is 16.3. The van der Waals surface area contributed by atoms with Crippen LogP contribution < -0.4 is 5.32 Å². The van der Waals surface area contributed by atoms with Gasteiger partial charge in [-0.2, -0.15) is 0 Å². The zero-order chi connectivity index (χ0) is 17.6. The zero-order valence-electron chi connectivity index (χ0n) is 14.1. The molecule has 1 saturated heterocycles. The average Bonchev–Trinajstić information content (AvgIpc) is 3.13. The highest BCUT2D eigenvalue weighted by molar-refractivity contribution is 6.31. The molecular formula is C17H21ClFN5O. The summed E-state index contributed by atoms with van der Waals surface area (Å²) in [6.07, 6.45) is 1.55. The van der Waals surface area contributed by atoms with Crippen LogP contribution in [0.1, 0.15) is 11.3 Å². The Morgan fingerprint density at radius 2 is 2.12 bits per heavy atom. The van der Waals surface area contributed by atoms with E-state index in [0.29, 0.717) is 23.7 Å². The summed E-state index contributed by atoms with van der Waals surface area (Å²) in [5.41, 5.74) is 1.39. The Hall–Kier alpha value is -2.12. The van der Waals surface area contributed by atoms with Crippen LogP contribution in [-0.2, 0) is 13.1 Å². The highest BCUT2D eigenvalue weighted by atomic mass is 35.5. The van der Waals surface area contributed by atoms with Gasteiger partial charge in [0.25, 0.3) is 0 Å². The number of aliphatic imine (C=N–C) groups is 1. The summed E-state index contributed by atoms with van der Waals surface area (Å²) in [4.78, 5) is 8.70.